The molecule has 0 saturated carbocycles. The van der Waals surface area contributed by atoms with Crippen LogP contribution in [0.3, 0.4) is 0 Å². The molecule has 0 aliphatic carbocycles. The summed E-state index contributed by atoms with van der Waals surface area (Å²) in [6.45, 7) is 1.65. The Morgan fingerprint density at radius 3 is 2.81 bits per heavy atom. The molecule has 0 aromatic carbocycles. The van der Waals surface area contributed by atoms with Gasteiger partial charge in [0.1, 0.15) is 0 Å². The lowest BCUT2D eigenvalue weighted by molar-refractivity contribution is -0.131. The first-order chi connectivity index (χ1) is 7.68. The summed E-state index contributed by atoms with van der Waals surface area (Å²) in [7, 11) is -1.40. The zero-order valence-corrected chi connectivity index (χ0v) is 9.43. The van der Waals surface area contributed by atoms with Crippen LogP contribution in [0.1, 0.15) is 32.1 Å². The van der Waals surface area contributed by atoms with Gasteiger partial charge < -0.3 is 20.3 Å². The third kappa shape index (κ3) is 2.56. The average Bonchev–Trinajstić information content (AvgIpc) is 2.86. The van der Waals surface area contributed by atoms with E-state index in [0.717, 1.165) is 25.8 Å². The molecule has 0 bridgehead atoms. The van der Waals surface area contributed by atoms with E-state index in [1.165, 1.54) is 0 Å². The first-order valence-electron chi connectivity index (χ1n) is 6.07. The lowest BCUT2D eigenvalue weighted by Gasteiger charge is -2.25. The van der Waals surface area contributed by atoms with E-state index in [-0.39, 0.29) is 11.9 Å². The summed E-state index contributed by atoms with van der Waals surface area (Å²) in [5.41, 5.74) is 0. The number of nitrogens with one attached hydrogen (secondary N) is 1. The molecule has 2 heterocycles. The van der Waals surface area contributed by atoms with E-state index in [0.29, 0.717) is 19.4 Å². The molecule has 0 aromatic heterocycles. The van der Waals surface area contributed by atoms with Crippen molar-refractivity contribution < 1.29 is 14.8 Å². The van der Waals surface area contributed by atoms with Gasteiger partial charge in [-0.25, -0.2) is 0 Å². The van der Waals surface area contributed by atoms with Crippen LogP contribution in [-0.4, -0.2) is 53.0 Å². The normalized spacial score (nSPS) is 29.8. The third-order valence-corrected chi connectivity index (χ3v) is 3.55. The van der Waals surface area contributed by atoms with Gasteiger partial charge in [0.2, 0.25) is 5.91 Å². The molecule has 0 unspecified atom stereocenters. The number of rotatable bonds is 3. The molecule has 1 amide bonds. The van der Waals surface area contributed by atoms with Gasteiger partial charge in [0.25, 0.3) is 0 Å². The van der Waals surface area contributed by atoms with Crippen molar-refractivity contribution in [3.8, 4) is 0 Å². The molecular formula is C10H19BN2O3. The molecule has 3 N–H and O–H groups in total. The Kier molecular flexibility index (Phi) is 3.84. The molecule has 2 atom stereocenters. The minimum Gasteiger partial charge on any atom is -0.426 e. The van der Waals surface area contributed by atoms with Crippen LogP contribution in [0, 0.1) is 0 Å². The van der Waals surface area contributed by atoms with Gasteiger partial charge in [-0.05, 0) is 32.2 Å². The molecule has 6 heteroatoms. The van der Waals surface area contributed by atoms with E-state index < -0.39 is 13.1 Å². The van der Waals surface area contributed by atoms with Crippen LogP contribution in [0.4, 0.5) is 0 Å². The lowest BCUT2D eigenvalue weighted by atomic mass is 9.78. The minimum absolute atomic E-state index is 0.0509. The van der Waals surface area contributed by atoms with Crippen molar-refractivity contribution in [2.75, 3.05) is 13.1 Å². The number of carbonyl (C=O) groups excluding carboxylic acids is 1. The molecular weight excluding hydrogens is 207 g/mol. The maximum atomic E-state index is 12.0. The van der Waals surface area contributed by atoms with E-state index in [4.69, 9.17) is 0 Å². The highest BCUT2D eigenvalue weighted by Crippen LogP contribution is 2.20. The molecule has 0 radical (unpaired) electrons. The second-order valence-electron chi connectivity index (χ2n) is 4.71. The summed E-state index contributed by atoms with van der Waals surface area (Å²) in [5.74, 6) is -0.344. The van der Waals surface area contributed by atoms with Crippen molar-refractivity contribution in [1.29, 1.82) is 0 Å². The van der Waals surface area contributed by atoms with Crippen LogP contribution in [0.2, 0.25) is 0 Å². The van der Waals surface area contributed by atoms with Crippen molar-refractivity contribution in [1.82, 2.24) is 10.2 Å². The van der Waals surface area contributed by atoms with E-state index >= 15 is 0 Å². The van der Waals surface area contributed by atoms with E-state index in [1.807, 2.05) is 0 Å². The lowest BCUT2D eigenvalue weighted by Crippen LogP contribution is -2.46. The molecule has 5 nitrogen and oxygen atoms in total. The molecule has 2 aliphatic heterocycles. The topological polar surface area (TPSA) is 72.8 Å². The molecule has 0 spiro atoms. The third-order valence-electron chi connectivity index (χ3n) is 3.55. The monoisotopic (exact) mass is 226 g/mol. The molecule has 2 saturated heterocycles. The number of amides is 1. The summed E-state index contributed by atoms with van der Waals surface area (Å²) in [6.07, 6.45) is 4.23. The second kappa shape index (κ2) is 5.16. The smallest absolute Gasteiger partial charge is 0.426 e. The standard InChI is InChI=1S/C10H19BN2O3/c14-10(7-8-3-1-5-12-8)13-6-2-4-9(13)11(15)16/h8-9,12,15-16H,1-7H2/t8-,9-/m0/s1. The zero-order valence-electron chi connectivity index (χ0n) is 9.43. The van der Waals surface area contributed by atoms with Gasteiger partial charge in [0.15, 0.2) is 0 Å². The van der Waals surface area contributed by atoms with Crippen LogP contribution in [-0.2, 0) is 4.79 Å². The van der Waals surface area contributed by atoms with Crippen LogP contribution >= 0.6 is 0 Å². The Morgan fingerprint density at radius 1 is 1.38 bits per heavy atom. The maximum absolute atomic E-state index is 12.0. The summed E-state index contributed by atoms with van der Waals surface area (Å²) in [5, 5.41) is 21.6. The van der Waals surface area contributed by atoms with Crippen molar-refractivity contribution in [3.63, 3.8) is 0 Å². The molecule has 16 heavy (non-hydrogen) atoms. The number of hydrogen-bond acceptors (Lipinski definition) is 4. The Bertz CT molecular complexity index is 256. The van der Waals surface area contributed by atoms with Gasteiger partial charge in [-0.15, -0.1) is 0 Å². The van der Waals surface area contributed by atoms with Crippen molar-refractivity contribution in [2.45, 2.75) is 44.1 Å². The van der Waals surface area contributed by atoms with Crippen molar-refractivity contribution in [2.24, 2.45) is 0 Å². The first kappa shape index (κ1) is 11.9. The van der Waals surface area contributed by atoms with Crippen LogP contribution in [0.5, 0.6) is 0 Å². The number of carbonyl (C=O) groups is 1. The Balaban J connectivity index is 1.87. The maximum Gasteiger partial charge on any atom is 0.475 e. The predicted octanol–water partition coefficient (Wildman–Crippen LogP) is -0.868. The largest absolute Gasteiger partial charge is 0.475 e. The van der Waals surface area contributed by atoms with Gasteiger partial charge in [-0.2, -0.15) is 0 Å². The number of hydrogen-bond donors (Lipinski definition) is 3. The fourth-order valence-electron chi connectivity index (χ4n) is 2.67. The van der Waals surface area contributed by atoms with Crippen molar-refractivity contribution >= 4 is 13.0 Å². The summed E-state index contributed by atoms with van der Waals surface area (Å²) in [6, 6.07) is 0.282. The zero-order chi connectivity index (χ0) is 11.5. The number of nitrogens with zero attached hydrogens (tertiary/aromatic N) is 1. The second-order valence-corrected chi connectivity index (χ2v) is 4.71. The fraction of sp³-hybridized carbons (Fsp3) is 0.900. The van der Waals surface area contributed by atoms with Gasteiger partial charge in [0.05, 0.1) is 5.94 Å². The first-order valence-corrected chi connectivity index (χ1v) is 6.07. The van der Waals surface area contributed by atoms with E-state index in [1.54, 1.807) is 4.90 Å². The highest BCUT2D eigenvalue weighted by molar-refractivity contribution is 6.43. The van der Waals surface area contributed by atoms with Crippen LogP contribution < -0.4 is 5.32 Å². The number of likely N-dealkylation sites (tertiary alicyclic amines) is 1. The predicted molar refractivity (Wildman–Crippen MR) is 60.6 cm³/mol. The summed E-state index contributed by atoms with van der Waals surface area (Å²) < 4.78 is 0. The molecule has 2 rings (SSSR count). The average molecular weight is 226 g/mol. The Morgan fingerprint density at radius 2 is 2.19 bits per heavy atom. The molecule has 0 aromatic rings. The van der Waals surface area contributed by atoms with E-state index in [2.05, 4.69) is 5.32 Å². The fourth-order valence-corrected chi connectivity index (χ4v) is 2.67. The molecule has 90 valence electrons. The molecule has 2 aliphatic rings. The van der Waals surface area contributed by atoms with Gasteiger partial charge in [0, 0.05) is 19.0 Å². The van der Waals surface area contributed by atoms with E-state index in [9.17, 15) is 14.8 Å². The summed E-state index contributed by atoms with van der Waals surface area (Å²) >= 11 is 0. The SMILES string of the molecule is O=C(C[C@@H]1CCCN1)N1CCC[C@H]1B(O)O. The van der Waals surface area contributed by atoms with Crippen molar-refractivity contribution in [3.05, 3.63) is 0 Å². The molecule has 2 fully saturated rings. The Hall–Kier alpha value is -0.585. The van der Waals surface area contributed by atoms with Crippen LogP contribution in [0.15, 0.2) is 0 Å². The Labute approximate surface area is 96.0 Å². The summed E-state index contributed by atoms with van der Waals surface area (Å²) in [4.78, 5) is 13.6. The van der Waals surface area contributed by atoms with Gasteiger partial charge in [-0.3, -0.25) is 4.79 Å². The van der Waals surface area contributed by atoms with Gasteiger partial charge >= 0.3 is 7.12 Å². The van der Waals surface area contributed by atoms with Gasteiger partial charge in [-0.1, -0.05) is 0 Å². The highest BCUT2D eigenvalue weighted by atomic mass is 16.4. The minimum atomic E-state index is -1.40. The van der Waals surface area contributed by atoms with Crippen LogP contribution in [0.25, 0.3) is 0 Å². The quantitative estimate of drug-likeness (QED) is 0.547. The highest BCUT2D eigenvalue weighted by Gasteiger charge is 2.37.